The average Bonchev–Trinajstić information content (AvgIpc) is 3.10. The smallest absolute Gasteiger partial charge is 0.246 e. The molecule has 1 aliphatic heterocycles. The number of nitrogens with one attached hydrogen (secondary N) is 1. The van der Waals surface area contributed by atoms with Gasteiger partial charge < -0.3 is 19.9 Å². The summed E-state index contributed by atoms with van der Waals surface area (Å²) in [6.45, 7) is 11.8. The Morgan fingerprint density at radius 2 is 1.94 bits per heavy atom. The Labute approximate surface area is 210 Å². The molecule has 3 rings (SSSR count). The molecule has 2 aliphatic rings. The number of anilines is 1. The van der Waals surface area contributed by atoms with Crippen molar-refractivity contribution in [2.75, 3.05) is 38.6 Å². The summed E-state index contributed by atoms with van der Waals surface area (Å²) in [4.78, 5) is 45.5. The molecule has 0 spiro atoms. The van der Waals surface area contributed by atoms with Crippen LogP contribution in [0, 0.1) is 17.8 Å². The summed E-state index contributed by atoms with van der Waals surface area (Å²) in [6, 6.07) is 0. The second-order valence-electron chi connectivity index (χ2n) is 9.32. The van der Waals surface area contributed by atoms with Crippen molar-refractivity contribution >= 4 is 46.0 Å². The van der Waals surface area contributed by atoms with Gasteiger partial charge in [0.2, 0.25) is 17.7 Å². The minimum absolute atomic E-state index is 0.0451. The molecule has 4 atom stereocenters. The fraction of sp³-hybridized carbons (Fsp3) is 0.667. The van der Waals surface area contributed by atoms with E-state index in [2.05, 4.69) is 23.8 Å². The van der Waals surface area contributed by atoms with Gasteiger partial charge >= 0.3 is 0 Å². The summed E-state index contributed by atoms with van der Waals surface area (Å²) in [5.74, 6) is 0.0495. The predicted molar refractivity (Wildman–Crippen MR) is 136 cm³/mol. The van der Waals surface area contributed by atoms with Crippen molar-refractivity contribution in [3.05, 3.63) is 18.9 Å². The van der Waals surface area contributed by atoms with Gasteiger partial charge in [0.15, 0.2) is 5.13 Å². The zero-order valence-corrected chi connectivity index (χ0v) is 22.1. The minimum atomic E-state index is -0.214. The van der Waals surface area contributed by atoms with Crippen molar-refractivity contribution in [2.24, 2.45) is 17.8 Å². The van der Waals surface area contributed by atoms with E-state index in [1.165, 1.54) is 17.4 Å². The first kappa shape index (κ1) is 26.7. The van der Waals surface area contributed by atoms with Crippen molar-refractivity contribution in [3.8, 4) is 0 Å². The van der Waals surface area contributed by atoms with Crippen LogP contribution in [-0.4, -0.2) is 77.1 Å². The highest BCUT2D eigenvalue weighted by molar-refractivity contribution is 8.01. The van der Waals surface area contributed by atoms with E-state index in [9.17, 15) is 14.4 Å². The molecule has 1 N–H and O–H groups in total. The molecule has 3 amide bonds. The molecule has 1 saturated carbocycles. The van der Waals surface area contributed by atoms with Gasteiger partial charge in [-0.3, -0.25) is 14.4 Å². The maximum Gasteiger partial charge on any atom is 0.246 e. The van der Waals surface area contributed by atoms with Crippen LogP contribution in [0.4, 0.5) is 5.13 Å². The molecule has 0 bridgehead atoms. The Morgan fingerprint density at radius 1 is 1.24 bits per heavy atom. The van der Waals surface area contributed by atoms with Crippen LogP contribution in [0.3, 0.4) is 0 Å². The molecule has 1 saturated heterocycles. The number of carbonyl (C=O) groups is 3. The van der Waals surface area contributed by atoms with Crippen molar-refractivity contribution in [3.63, 3.8) is 0 Å². The predicted octanol–water partition coefficient (Wildman–Crippen LogP) is 3.51. The monoisotopic (exact) mass is 508 g/mol. The highest BCUT2D eigenvalue weighted by Crippen LogP contribution is 2.43. The Balaban J connectivity index is 1.65. The number of carbonyl (C=O) groups excluding carboxylic acids is 3. The molecule has 8 nitrogen and oxygen atoms in total. The van der Waals surface area contributed by atoms with Crippen LogP contribution in [-0.2, 0) is 19.1 Å². The maximum atomic E-state index is 13.6. The molecule has 2 heterocycles. The topological polar surface area (TPSA) is 91.8 Å². The summed E-state index contributed by atoms with van der Waals surface area (Å²) >= 11 is 3.21. The van der Waals surface area contributed by atoms with Crippen molar-refractivity contribution in [2.45, 2.75) is 55.6 Å². The summed E-state index contributed by atoms with van der Waals surface area (Å²) in [7, 11) is 1.69. The van der Waals surface area contributed by atoms with Gasteiger partial charge in [0.05, 0.1) is 22.4 Å². The molecular formula is C24H36N4O4S2. The van der Waals surface area contributed by atoms with Crippen LogP contribution in [0.2, 0.25) is 0 Å². The summed E-state index contributed by atoms with van der Waals surface area (Å²) < 4.78 is 6.80. The van der Waals surface area contributed by atoms with Gasteiger partial charge in [-0.2, -0.15) is 0 Å². The van der Waals surface area contributed by atoms with E-state index >= 15 is 0 Å². The number of rotatable bonds is 7. The Morgan fingerprint density at radius 3 is 2.62 bits per heavy atom. The number of thioether (sulfide) groups is 1. The van der Waals surface area contributed by atoms with E-state index in [0.717, 1.165) is 23.5 Å². The van der Waals surface area contributed by atoms with Gasteiger partial charge in [0.25, 0.3) is 0 Å². The number of hydrogen-bond donors (Lipinski definition) is 1. The van der Waals surface area contributed by atoms with Gasteiger partial charge in [-0.1, -0.05) is 38.7 Å². The van der Waals surface area contributed by atoms with Crippen LogP contribution in [0.25, 0.3) is 0 Å². The molecule has 1 aromatic rings. The molecule has 1 aliphatic carbocycles. The van der Waals surface area contributed by atoms with Crippen molar-refractivity contribution < 1.29 is 19.1 Å². The van der Waals surface area contributed by atoms with Crippen molar-refractivity contribution in [1.29, 1.82) is 0 Å². The van der Waals surface area contributed by atoms with Crippen LogP contribution in [0.5, 0.6) is 0 Å². The third-order valence-electron chi connectivity index (χ3n) is 6.59. The number of amides is 3. The summed E-state index contributed by atoms with van der Waals surface area (Å²) in [6.07, 6.45) is 5.32. The average molecular weight is 509 g/mol. The SMILES string of the molecule is C=CC(=O)N1CCCN(C(=O)C2CC(Sc3cnc(NC(=O)C(C)C)s3)C(C)CC2OC)CC1. The quantitative estimate of drug-likeness (QED) is 0.567. The second kappa shape index (κ2) is 12.2. The Hall–Kier alpha value is -1.91. The van der Waals surface area contributed by atoms with E-state index in [0.29, 0.717) is 37.2 Å². The van der Waals surface area contributed by atoms with E-state index < -0.39 is 0 Å². The van der Waals surface area contributed by atoms with E-state index in [1.54, 1.807) is 30.0 Å². The number of hydrogen-bond acceptors (Lipinski definition) is 7. The number of thiazole rings is 1. The first-order valence-electron chi connectivity index (χ1n) is 11.9. The van der Waals surface area contributed by atoms with E-state index in [1.807, 2.05) is 18.7 Å². The zero-order chi connectivity index (χ0) is 24.8. The second-order valence-corrected chi connectivity index (χ2v) is 11.9. The Bertz CT molecular complexity index is 890. The fourth-order valence-corrected chi connectivity index (χ4v) is 6.91. The lowest BCUT2D eigenvalue weighted by Crippen LogP contribution is -2.48. The normalized spacial score (nSPS) is 25.7. The number of aromatic nitrogens is 1. The van der Waals surface area contributed by atoms with Gasteiger partial charge in [-0.15, -0.1) is 11.8 Å². The number of methoxy groups -OCH3 is 1. The van der Waals surface area contributed by atoms with Crippen LogP contribution in [0.1, 0.15) is 40.0 Å². The standard InChI is InChI=1S/C24H36N4O4S2/c1-6-20(29)27-8-7-9-28(11-10-27)23(31)17-13-19(16(4)12-18(17)32-5)33-21-14-25-24(34-21)26-22(30)15(2)3/h6,14-19H,1,7-13H2,2-5H3,(H,25,26,30). The van der Waals surface area contributed by atoms with Gasteiger partial charge in [-0.25, -0.2) is 4.98 Å². The first-order chi connectivity index (χ1) is 16.2. The molecule has 0 radical (unpaired) electrons. The van der Waals surface area contributed by atoms with Gasteiger partial charge in [-0.05, 0) is 31.3 Å². The maximum absolute atomic E-state index is 13.6. The lowest BCUT2D eigenvalue weighted by Gasteiger charge is -2.40. The lowest BCUT2D eigenvalue weighted by molar-refractivity contribution is -0.143. The third-order valence-corrected chi connectivity index (χ3v) is 9.14. The van der Waals surface area contributed by atoms with Crippen LogP contribution >= 0.6 is 23.1 Å². The number of nitrogens with zero attached hydrogens (tertiary/aromatic N) is 3. The van der Waals surface area contributed by atoms with Crippen LogP contribution < -0.4 is 5.32 Å². The number of ether oxygens (including phenoxy) is 1. The molecule has 2 fully saturated rings. The highest BCUT2D eigenvalue weighted by atomic mass is 32.2. The lowest BCUT2D eigenvalue weighted by atomic mass is 9.79. The van der Waals surface area contributed by atoms with E-state index in [4.69, 9.17) is 4.74 Å². The van der Waals surface area contributed by atoms with Gasteiger partial charge in [0, 0.05) is 44.5 Å². The summed E-state index contributed by atoms with van der Waals surface area (Å²) in [5, 5.41) is 3.72. The Kier molecular flexibility index (Phi) is 9.56. The largest absolute Gasteiger partial charge is 0.381 e. The van der Waals surface area contributed by atoms with Crippen molar-refractivity contribution in [1.82, 2.24) is 14.8 Å². The van der Waals surface area contributed by atoms with Crippen LogP contribution in [0.15, 0.2) is 23.1 Å². The molecular weight excluding hydrogens is 472 g/mol. The third kappa shape index (κ3) is 6.60. The molecule has 10 heteroatoms. The van der Waals surface area contributed by atoms with E-state index in [-0.39, 0.29) is 40.9 Å². The minimum Gasteiger partial charge on any atom is -0.381 e. The molecule has 4 unspecified atom stereocenters. The molecule has 1 aromatic heterocycles. The fourth-order valence-electron chi connectivity index (χ4n) is 4.49. The molecule has 0 aromatic carbocycles. The molecule has 34 heavy (non-hydrogen) atoms. The zero-order valence-electron chi connectivity index (χ0n) is 20.5. The summed E-state index contributed by atoms with van der Waals surface area (Å²) in [5.41, 5.74) is 0. The van der Waals surface area contributed by atoms with Gasteiger partial charge in [0.1, 0.15) is 0 Å². The highest BCUT2D eigenvalue weighted by Gasteiger charge is 2.41. The first-order valence-corrected chi connectivity index (χ1v) is 13.6. The molecule has 188 valence electrons.